The standard InChI is InChI=1S/C25H22ClN3O4/c1-14-2-7-19(8-3-14)28-21(30)13-33-20-9-6-18(26)11-17(20)12-27-29-24(31)22-15-4-5-16(10-15)23(22)25(29)32/h2-9,11-12,15-16,22-23H,10,13H2,1H3,(H,28,30). The van der Waals surface area contributed by atoms with Gasteiger partial charge in [0.15, 0.2) is 6.61 Å². The summed E-state index contributed by atoms with van der Waals surface area (Å²) in [6, 6.07) is 12.3. The van der Waals surface area contributed by atoms with Crippen LogP contribution in [0.2, 0.25) is 5.02 Å². The Bertz CT molecular complexity index is 1160. The summed E-state index contributed by atoms with van der Waals surface area (Å²) in [5.74, 6) is -0.876. The van der Waals surface area contributed by atoms with Crippen LogP contribution in [0.3, 0.4) is 0 Å². The summed E-state index contributed by atoms with van der Waals surface area (Å²) < 4.78 is 5.68. The number of fused-ring (bicyclic) bond motifs is 5. The molecule has 1 saturated carbocycles. The molecule has 1 aliphatic heterocycles. The molecule has 3 aliphatic rings. The van der Waals surface area contributed by atoms with Crippen molar-refractivity contribution >= 4 is 41.2 Å². The second-order valence-corrected chi connectivity index (χ2v) is 9.05. The number of benzene rings is 2. The van der Waals surface area contributed by atoms with Crippen molar-refractivity contribution in [1.82, 2.24) is 5.01 Å². The summed E-state index contributed by atoms with van der Waals surface area (Å²) in [6.45, 7) is 1.74. The van der Waals surface area contributed by atoms with Gasteiger partial charge in [-0.15, -0.1) is 0 Å². The molecule has 1 N–H and O–H groups in total. The molecule has 33 heavy (non-hydrogen) atoms. The van der Waals surface area contributed by atoms with Gasteiger partial charge in [0.25, 0.3) is 17.7 Å². The lowest BCUT2D eigenvalue weighted by molar-refractivity contribution is -0.140. The third-order valence-electron chi connectivity index (χ3n) is 6.43. The largest absolute Gasteiger partial charge is 0.483 e. The number of nitrogens with one attached hydrogen (secondary N) is 1. The van der Waals surface area contributed by atoms with Crippen LogP contribution >= 0.6 is 11.6 Å². The van der Waals surface area contributed by atoms with E-state index in [1.54, 1.807) is 18.2 Å². The highest BCUT2D eigenvalue weighted by molar-refractivity contribution is 6.31. The molecule has 7 nitrogen and oxygen atoms in total. The smallest absolute Gasteiger partial charge is 0.262 e. The van der Waals surface area contributed by atoms with Crippen molar-refractivity contribution in [3.63, 3.8) is 0 Å². The number of halogens is 1. The number of carbonyl (C=O) groups excluding carboxylic acids is 3. The van der Waals surface area contributed by atoms with Crippen LogP contribution in [0.4, 0.5) is 5.69 Å². The Hall–Kier alpha value is -3.45. The minimum atomic E-state index is -0.322. The van der Waals surface area contributed by atoms with Gasteiger partial charge in [0, 0.05) is 16.3 Å². The van der Waals surface area contributed by atoms with Crippen LogP contribution in [0.25, 0.3) is 0 Å². The monoisotopic (exact) mass is 463 g/mol. The molecule has 5 rings (SSSR count). The molecule has 2 aromatic carbocycles. The van der Waals surface area contributed by atoms with Crippen molar-refractivity contribution < 1.29 is 19.1 Å². The first-order valence-electron chi connectivity index (χ1n) is 10.8. The average molecular weight is 464 g/mol. The van der Waals surface area contributed by atoms with Crippen LogP contribution in [0.15, 0.2) is 59.7 Å². The molecule has 3 amide bonds. The molecule has 8 heteroatoms. The zero-order valence-electron chi connectivity index (χ0n) is 17.9. The second-order valence-electron chi connectivity index (χ2n) is 8.62. The lowest BCUT2D eigenvalue weighted by Gasteiger charge is -2.13. The van der Waals surface area contributed by atoms with Crippen LogP contribution in [0, 0.1) is 30.6 Å². The predicted molar refractivity (Wildman–Crippen MR) is 124 cm³/mol. The van der Waals surface area contributed by atoms with E-state index < -0.39 is 0 Å². The number of nitrogens with zero attached hydrogens (tertiary/aromatic N) is 2. The molecular formula is C25H22ClN3O4. The summed E-state index contributed by atoms with van der Waals surface area (Å²) >= 11 is 6.12. The van der Waals surface area contributed by atoms with E-state index in [-0.39, 0.29) is 48.0 Å². The predicted octanol–water partition coefficient (Wildman–Crippen LogP) is 3.81. The third-order valence-corrected chi connectivity index (χ3v) is 6.66. The molecule has 2 bridgehead atoms. The number of hydrogen-bond acceptors (Lipinski definition) is 5. The normalized spacial score (nSPS) is 25.2. The molecule has 2 fully saturated rings. The topological polar surface area (TPSA) is 88.1 Å². The first-order valence-corrected chi connectivity index (χ1v) is 11.2. The van der Waals surface area contributed by atoms with Crippen molar-refractivity contribution in [3.05, 3.63) is 70.8 Å². The fourth-order valence-corrected chi connectivity index (χ4v) is 5.03. The zero-order valence-corrected chi connectivity index (χ0v) is 18.7. The van der Waals surface area contributed by atoms with E-state index in [0.29, 0.717) is 22.0 Å². The molecule has 2 aliphatic carbocycles. The Morgan fingerprint density at radius 1 is 1.12 bits per heavy atom. The maximum absolute atomic E-state index is 12.8. The Balaban J connectivity index is 1.27. The molecule has 0 radical (unpaired) electrons. The summed E-state index contributed by atoms with van der Waals surface area (Å²) in [7, 11) is 0. The molecule has 0 aromatic heterocycles. The minimum Gasteiger partial charge on any atom is -0.483 e. The highest BCUT2D eigenvalue weighted by Gasteiger charge is 2.59. The van der Waals surface area contributed by atoms with Gasteiger partial charge in [-0.1, -0.05) is 41.4 Å². The fourth-order valence-electron chi connectivity index (χ4n) is 4.85. The number of hydrogen-bond donors (Lipinski definition) is 1. The van der Waals surface area contributed by atoms with Gasteiger partial charge in [-0.2, -0.15) is 10.1 Å². The van der Waals surface area contributed by atoms with E-state index in [0.717, 1.165) is 17.0 Å². The van der Waals surface area contributed by atoms with Crippen molar-refractivity contribution in [2.24, 2.45) is 28.8 Å². The summed E-state index contributed by atoms with van der Waals surface area (Å²) in [5, 5.41) is 8.35. The Morgan fingerprint density at radius 3 is 2.45 bits per heavy atom. The fraction of sp³-hybridized carbons (Fsp3) is 0.280. The molecule has 168 valence electrons. The highest BCUT2D eigenvalue weighted by Crippen LogP contribution is 2.52. The number of anilines is 1. The van der Waals surface area contributed by atoms with E-state index >= 15 is 0 Å². The van der Waals surface area contributed by atoms with Crippen molar-refractivity contribution in [2.75, 3.05) is 11.9 Å². The molecule has 1 saturated heterocycles. The van der Waals surface area contributed by atoms with Gasteiger partial charge in [-0.05, 0) is 55.5 Å². The van der Waals surface area contributed by atoms with Gasteiger partial charge in [-0.3, -0.25) is 14.4 Å². The van der Waals surface area contributed by atoms with Gasteiger partial charge in [0.1, 0.15) is 5.75 Å². The van der Waals surface area contributed by atoms with Crippen LogP contribution in [0.1, 0.15) is 17.5 Å². The quantitative estimate of drug-likeness (QED) is 0.401. The highest BCUT2D eigenvalue weighted by atomic mass is 35.5. The summed E-state index contributed by atoms with van der Waals surface area (Å²) in [5.41, 5.74) is 2.23. The van der Waals surface area contributed by atoms with Crippen LogP contribution in [-0.2, 0) is 14.4 Å². The zero-order chi connectivity index (χ0) is 23.1. The van der Waals surface area contributed by atoms with E-state index in [4.69, 9.17) is 16.3 Å². The Labute approximate surface area is 196 Å². The Morgan fingerprint density at radius 2 is 1.79 bits per heavy atom. The second kappa shape index (κ2) is 8.48. The summed E-state index contributed by atoms with van der Waals surface area (Å²) in [4.78, 5) is 37.9. The molecule has 2 aromatic rings. The lowest BCUT2D eigenvalue weighted by Crippen LogP contribution is -2.28. The number of carbonyl (C=O) groups is 3. The van der Waals surface area contributed by atoms with E-state index in [2.05, 4.69) is 10.4 Å². The van der Waals surface area contributed by atoms with Gasteiger partial charge in [0.2, 0.25) is 0 Å². The van der Waals surface area contributed by atoms with Crippen LogP contribution in [-0.4, -0.2) is 35.6 Å². The van der Waals surface area contributed by atoms with Gasteiger partial charge in [0.05, 0.1) is 18.1 Å². The average Bonchev–Trinajstić information content (AvgIpc) is 3.47. The maximum Gasteiger partial charge on any atom is 0.262 e. The molecule has 4 atom stereocenters. The van der Waals surface area contributed by atoms with Crippen LogP contribution in [0.5, 0.6) is 5.75 Å². The number of aryl methyl sites for hydroxylation is 1. The molecule has 1 heterocycles. The number of imide groups is 1. The number of hydrazone groups is 1. The molecular weight excluding hydrogens is 442 g/mol. The minimum absolute atomic E-state index is 0.119. The van der Waals surface area contributed by atoms with Gasteiger partial charge in [-0.25, -0.2) is 0 Å². The molecule has 4 unspecified atom stereocenters. The van der Waals surface area contributed by atoms with E-state index in [9.17, 15) is 14.4 Å². The first kappa shape index (κ1) is 21.4. The van der Waals surface area contributed by atoms with Crippen molar-refractivity contribution in [1.29, 1.82) is 0 Å². The van der Waals surface area contributed by atoms with E-state index in [1.807, 2.05) is 43.3 Å². The number of ether oxygens (including phenoxy) is 1. The Kier molecular flexibility index (Phi) is 5.50. The SMILES string of the molecule is Cc1ccc(NC(=O)COc2ccc(Cl)cc2C=NN2C(=O)C3C4C=CC(C4)C3C2=O)cc1. The van der Waals surface area contributed by atoms with E-state index in [1.165, 1.54) is 6.21 Å². The van der Waals surface area contributed by atoms with Crippen molar-refractivity contribution in [3.8, 4) is 5.75 Å². The van der Waals surface area contributed by atoms with Crippen LogP contribution < -0.4 is 10.1 Å². The van der Waals surface area contributed by atoms with Gasteiger partial charge < -0.3 is 10.1 Å². The number of amides is 3. The maximum atomic E-state index is 12.8. The number of allylic oxidation sites excluding steroid dienone is 2. The van der Waals surface area contributed by atoms with Gasteiger partial charge >= 0.3 is 0 Å². The lowest BCUT2D eigenvalue weighted by atomic mass is 9.85. The third kappa shape index (κ3) is 4.04. The summed E-state index contributed by atoms with van der Waals surface area (Å²) in [6.07, 6.45) is 6.32. The van der Waals surface area contributed by atoms with Crippen molar-refractivity contribution in [2.45, 2.75) is 13.3 Å². The first-order chi connectivity index (χ1) is 15.9. The molecule has 0 spiro atoms. The number of rotatable bonds is 6.